The first-order valence-electron chi connectivity index (χ1n) is 12.2. The highest BCUT2D eigenvalue weighted by atomic mass is 19.1. The highest BCUT2D eigenvalue weighted by molar-refractivity contribution is 6.00. The zero-order valence-electron chi connectivity index (χ0n) is 21.1. The fraction of sp³-hybridized carbons (Fsp3) is 0.172. The second kappa shape index (κ2) is 9.04. The minimum absolute atomic E-state index is 0.281. The molecule has 9 heteroatoms. The lowest BCUT2D eigenvalue weighted by molar-refractivity contribution is 0.0880. The van der Waals surface area contributed by atoms with Crippen LogP contribution in [0.1, 0.15) is 20.8 Å². The normalized spacial score (nSPS) is 12.8. The number of fused-ring (bicyclic) bond motifs is 2. The Kier molecular flexibility index (Phi) is 5.65. The van der Waals surface area contributed by atoms with E-state index in [9.17, 15) is 9.50 Å². The zero-order chi connectivity index (χ0) is 26.4. The lowest BCUT2D eigenvalue weighted by Gasteiger charge is -2.27. The number of nitrogens with zero attached hydrogens (tertiary/aromatic N) is 4. The van der Waals surface area contributed by atoms with E-state index in [2.05, 4.69) is 35.5 Å². The van der Waals surface area contributed by atoms with E-state index in [-0.39, 0.29) is 11.2 Å². The number of H-pyrrole nitrogens is 2. The molecule has 0 spiro atoms. The molecular weight excluding hydrogens is 481 g/mol. The summed E-state index contributed by atoms with van der Waals surface area (Å²) in [6, 6.07) is 12.4. The number of aliphatic hydroxyl groups is 1. The van der Waals surface area contributed by atoms with Gasteiger partial charge in [0.2, 0.25) is 0 Å². The lowest BCUT2D eigenvalue weighted by Crippen LogP contribution is -2.33. The molecule has 0 saturated carbocycles. The Morgan fingerprint density at radius 3 is 2.42 bits per heavy atom. The third kappa shape index (κ3) is 4.37. The number of nitrogens with one attached hydrogen (secondary N) is 3. The topological polar surface area (TPSA) is 115 Å². The first-order chi connectivity index (χ1) is 18.3. The lowest BCUT2D eigenvalue weighted by atomic mass is 9.94. The molecule has 1 atom stereocenters. The summed E-state index contributed by atoms with van der Waals surface area (Å²) in [5.41, 5.74) is 6.93. The summed E-state index contributed by atoms with van der Waals surface area (Å²) >= 11 is 0. The second-order valence-electron chi connectivity index (χ2n) is 10.4. The van der Waals surface area contributed by atoms with Crippen LogP contribution in [-0.4, -0.2) is 41.5 Å². The quantitative estimate of drug-likeness (QED) is 0.208. The summed E-state index contributed by atoms with van der Waals surface area (Å²) in [5, 5.41) is 22.9. The molecule has 0 bridgehead atoms. The Labute approximate surface area is 218 Å². The maximum absolute atomic E-state index is 13.5. The van der Waals surface area contributed by atoms with Crippen LogP contribution in [-0.2, 0) is 0 Å². The van der Waals surface area contributed by atoms with Crippen LogP contribution < -0.4 is 5.32 Å². The van der Waals surface area contributed by atoms with E-state index in [1.807, 2.05) is 39.0 Å². The molecule has 4 N–H and O–H groups in total. The van der Waals surface area contributed by atoms with Gasteiger partial charge in [0, 0.05) is 51.5 Å². The Morgan fingerprint density at radius 1 is 0.868 bits per heavy atom. The summed E-state index contributed by atoms with van der Waals surface area (Å²) in [7, 11) is 0. The molecule has 0 aliphatic rings. The number of halogens is 1. The van der Waals surface area contributed by atoms with Crippen LogP contribution in [0.2, 0.25) is 0 Å². The predicted octanol–water partition coefficient (Wildman–Crippen LogP) is 6.15. The number of hydrogen-bond acceptors (Lipinski definition) is 6. The number of aromatic nitrogens is 6. The van der Waals surface area contributed by atoms with E-state index >= 15 is 0 Å². The van der Waals surface area contributed by atoms with Gasteiger partial charge in [-0.2, -0.15) is 5.10 Å². The van der Waals surface area contributed by atoms with Crippen molar-refractivity contribution >= 4 is 27.6 Å². The van der Waals surface area contributed by atoms with E-state index in [1.54, 1.807) is 43.1 Å². The molecule has 190 valence electrons. The molecule has 1 unspecified atom stereocenters. The monoisotopic (exact) mass is 507 g/mol. The average Bonchev–Trinajstić information content (AvgIpc) is 3.52. The molecule has 8 nitrogen and oxygen atoms in total. The molecule has 0 radical (unpaired) electrons. The van der Waals surface area contributed by atoms with E-state index < -0.39 is 6.23 Å². The van der Waals surface area contributed by atoms with Gasteiger partial charge in [-0.05, 0) is 35.9 Å². The van der Waals surface area contributed by atoms with Crippen LogP contribution in [0.4, 0.5) is 10.1 Å². The predicted molar refractivity (Wildman–Crippen MR) is 147 cm³/mol. The van der Waals surface area contributed by atoms with Crippen molar-refractivity contribution in [2.24, 2.45) is 5.41 Å². The number of aromatic amines is 2. The summed E-state index contributed by atoms with van der Waals surface area (Å²) in [6.45, 7) is 5.88. The van der Waals surface area contributed by atoms with Crippen LogP contribution in [0.5, 0.6) is 0 Å². The maximum atomic E-state index is 13.5. The van der Waals surface area contributed by atoms with Crippen molar-refractivity contribution in [2.75, 3.05) is 5.32 Å². The van der Waals surface area contributed by atoms with Gasteiger partial charge in [0.15, 0.2) is 5.65 Å². The molecule has 0 aliphatic heterocycles. The molecule has 0 amide bonds. The first kappa shape index (κ1) is 23.7. The van der Waals surface area contributed by atoms with Crippen molar-refractivity contribution in [1.82, 2.24) is 30.1 Å². The second-order valence-corrected chi connectivity index (χ2v) is 10.4. The van der Waals surface area contributed by atoms with E-state index in [0.717, 1.165) is 49.9 Å². The van der Waals surface area contributed by atoms with Gasteiger partial charge in [0.25, 0.3) is 0 Å². The minimum atomic E-state index is -0.725. The first-order valence-corrected chi connectivity index (χ1v) is 12.2. The van der Waals surface area contributed by atoms with Gasteiger partial charge in [0.05, 0.1) is 29.3 Å². The van der Waals surface area contributed by atoms with Crippen LogP contribution in [0.3, 0.4) is 0 Å². The molecule has 5 heterocycles. The Balaban J connectivity index is 1.39. The molecule has 6 aromatic rings. The molecule has 0 saturated heterocycles. The number of anilines is 1. The van der Waals surface area contributed by atoms with Crippen LogP contribution >= 0.6 is 0 Å². The van der Waals surface area contributed by atoms with E-state index in [0.29, 0.717) is 11.3 Å². The third-order valence-corrected chi connectivity index (χ3v) is 6.57. The molecule has 0 fully saturated rings. The fourth-order valence-electron chi connectivity index (χ4n) is 4.36. The minimum Gasteiger partial charge on any atom is -0.373 e. The Morgan fingerprint density at radius 2 is 1.63 bits per heavy atom. The van der Waals surface area contributed by atoms with Crippen molar-refractivity contribution in [1.29, 1.82) is 0 Å². The van der Waals surface area contributed by atoms with Gasteiger partial charge >= 0.3 is 0 Å². The van der Waals surface area contributed by atoms with Gasteiger partial charge in [-0.3, -0.25) is 15.1 Å². The van der Waals surface area contributed by atoms with Crippen LogP contribution in [0.25, 0.3) is 55.6 Å². The fourth-order valence-corrected chi connectivity index (χ4v) is 4.36. The number of pyridine rings is 3. The van der Waals surface area contributed by atoms with Gasteiger partial charge in [-0.15, -0.1) is 0 Å². The van der Waals surface area contributed by atoms with Gasteiger partial charge in [-0.25, -0.2) is 9.37 Å². The van der Waals surface area contributed by atoms with Gasteiger partial charge in [0.1, 0.15) is 17.7 Å². The molecular formula is C29H26FN7O. The molecule has 0 aliphatic carbocycles. The molecule has 5 aromatic heterocycles. The SMILES string of the molecule is CC(C)(C)C(O)Nc1cncc(-c2cnc3[nH]nc(-c4cc5c(-c6ccc(F)cc6)cncc5[nH]4)c3c2)c1. The highest BCUT2D eigenvalue weighted by Gasteiger charge is 2.22. The van der Waals surface area contributed by atoms with Gasteiger partial charge < -0.3 is 15.4 Å². The average molecular weight is 508 g/mol. The van der Waals surface area contributed by atoms with E-state index in [1.165, 1.54) is 12.1 Å². The smallest absolute Gasteiger partial charge is 0.155 e. The highest BCUT2D eigenvalue weighted by Crippen LogP contribution is 2.34. The summed E-state index contributed by atoms with van der Waals surface area (Å²) in [6.07, 6.45) is 8.04. The van der Waals surface area contributed by atoms with Crippen molar-refractivity contribution in [3.05, 3.63) is 79.3 Å². The van der Waals surface area contributed by atoms with Crippen LogP contribution in [0.15, 0.2) is 73.4 Å². The van der Waals surface area contributed by atoms with Crippen molar-refractivity contribution in [3.63, 3.8) is 0 Å². The summed E-state index contributed by atoms with van der Waals surface area (Å²) in [5.74, 6) is -0.281. The van der Waals surface area contributed by atoms with Crippen LogP contribution in [0, 0.1) is 11.2 Å². The van der Waals surface area contributed by atoms with Crippen molar-refractivity contribution < 1.29 is 9.50 Å². The summed E-state index contributed by atoms with van der Waals surface area (Å²) in [4.78, 5) is 16.7. The molecule has 38 heavy (non-hydrogen) atoms. The molecule has 6 rings (SSSR count). The Bertz CT molecular complexity index is 1770. The third-order valence-electron chi connectivity index (χ3n) is 6.57. The number of benzene rings is 1. The largest absolute Gasteiger partial charge is 0.373 e. The number of hydrogen-bond donors (Lipinski definition) is 4. The van der Waals surface area contributed by atoms with Crippen molar-refractivity contribution in [3.8, 4) is 33.6 Å². The van der Waals surface area contributed by atoms with Crippen molar-refractivity contribution in [2.45, 2.75) is 27.0 Å². The molecule has 1 aromatic carbocycles. The number of aliphatic hydroxyl groups excluding tert-OH is 1. The van der Waals surface area contributed by atoms with E-state index in [4.69, 9.17) is 0 Å². The standard InChI is InChI=1S/C29H26FN7O/c1-29(2,3)28(38)34-20-8-17(11-31-13-20)18-9-22-26(36-37-27(22)33-12-18)24-10-21-23(14-32-15-25(21)35-24)16-4-6-19(30)7-5-16/h4-15,28,34-35,38H,1-3H3,(H,33,36,37). The Hall–Kier alpha value is -4.63. The summed E-state index contributed by atoms with van der Waals surface area (Å²) < 4.78 is 13.5. The van der Waals surface area contributed by atoms with Gasteiger partial charge in [-0.1, -0.05) is 32.9 Å². The number of rotatable bonds is 5. The zero-order valence-corrected chi connectivity index (χ0v) is 21.1. The maximum Gasteiger partial charge on any atom is 0.155 e.